The first kappa shape index (κ1) is 10.8. The van der Waals surface area contributed by atoms with Crippen molar-refractivity contribution in [3.8, 4) is 0 Å². The van der Waals surface area contributed by atoms with E-state index in [1.54, 1.807) is 0 Å². The Labute approximate surface area is 92.4 Å². The number of hydrogen-bond acceptors (Lipinski definition) is 2. The van der Waals surface area contributed by atoms with E-state index in [4.69, 9.17) is 0 Å². The Morgan fingerprint density at radius 2 is 2.14 bits per heavy atom. The number of thioether (sulfide) groups is 1. The minimum absolute atomic E-state index is 0.755. The SMILES string of the molecule is CC(CC1CC1)NCC1CCCCS1. The molecule has 0 radical (unpaired) electrons. The summed E-state index contributed by atoms with van der Waals surface area (Å²) in [6.07, 6.45) is 8.73. The Bertz CT molecular complexity index is 162. The summed E-state index contributed by atoms with van der Waals surface area (Å²) < 4.78 is 0. The molecule has 1 heterocycles. The van der Waals surface area contributed by atoms with E-state index in [1.807, 2.05) is 0 Å². The van der Waals surface area contributed by atoms with Crippen LogP contribution in [0.4, 0.5) is 0 Å². The predicted octanol–water partition coefficient (Wildman–Crippen LogP) is 3.05. The standard InChI is InChI=1S/C12H23NS/c1-10(8-11-5-6-11)13-9-12-4-2-3-7-14-12/h10-13H,2-9H2,1H3. The summed E-state index contributed by atoms with van der Waals surface area (Å²) in [7, 11) is 0. The molecule has 0 aromatic rings. The van der Waals surface area contributed by atoms with Gasteiger partial charge < -0.3 is 5.32 Å². The average Bonchev–Trinajstić information content (AvgIpc) is 3.00. The number of rotatable bonds is 5. The third-order valence-electron chi connectivity index (χ3n) is 3.35. The molecule has 2 unspecified atom stereocenters. The maximum Gasteiger partial charge on any atom is 0.0172 e. The zero-order valence-electron chi connectivity index (χ0n) is 9.30. The lowest BCUT2D eigenvalue weighted by Crippen LogP contribution is -2.33. The van der Waals surface area contributed by atoms with E-state index in [9.17, 15) is 0 Å². The Kier molecular flexibility index (Phi) is 4.18. The van der Waals surface area contributed by atoms with Crippen molar-refractivity contribution < 1.29 is 0 Å². The van der Waals surface area contributed by atoms with E-state index in [-0.39, 0.29) is 0 Å². The molecule has 1 aliphatic carbocycles. The summed E-state index contributed by atoms with van der Waals surface area (Å²) in [5.74, 6) is 2.46. The molecule has 0 aromatic heterocycles. The molecule has 2 fully saturated rings. The maximum atomic E-state index is 3.70. The van der Waals surface area contributed by atoms with E-state index < -0.39 is 0 Å². The first-order valence-electron chi connectivity index (χ1n) is 6.19. The quantitative estimate of drug-likeness (QED) is 0.753. The Balaban J connectivity index is 1.55. The predicted molar refractivity (Wildman–Crippen MR) is 64.9 cm³/mol. The number of nitrogens with one attached hydrogen (secondary N) is 1. The Morgan fingerprint density at radius 3 is 2.79 bits per heavy atom. The molecular weight excluding hydrogens is 190 g/mol. The van der Waals surface area contributed by atoms with Crippen molar-refractivity contribution in [3.63, 3.8) is 0 Å². The highest BCUT2D eigenvalue weighted by molar-refractivity contribution is 7.99. The molecule has 0 amide bonds. The molecule has 0 aromatic carbocycles. The Hall–Kier alpha value is 0.310. The van der Waals surface area contributed by atoms with Crippen LogP contribution in [0.3, 0.4) is 0 Å². The molecule has 2 heteroatoms. The van der Waals surface area contributed by atoms with E-state index in [2.05, 4.69) is 24.0 Å². The van der Waals surface area contributed by atoms with Crippen LogP contribution in [-0.2, 0) is 0 Å². The third-order valence-corrected chi connectivity index (χ3v) is 4.75. The first-order chi connectivity index (χ1) is 6.84. The van der Waals surface area contributed by atoms with Gasteiger partial charge in [0.2, 0.25) is 0 Å². The summed E-state index contributed by atoms with van der Waals surface area (Å²) in [6.45, 7) is 3.60. The van der Waals surface area contributed by atoms with Crippen LogP contribution in [0.2, 0.25) is 0 Å². The normalized spacial score (nSPS) is 30.2. The summed E-state index contributed by atoms with van der Waals surface area (Å²) >= 11 is 2.18. The van der Waals surface area contributed by atoms with Crippen LogP contribution in [-0.4, -0.2) is 23.6 Å². The molecule has 14 heavy (non-hydrogen) atoms. The van der Waals surface area contributed by atoms with Crippen LogP contribution in [0, 0.1) is 5.92 Å². The monoisotopic (exact) mass is 213 g/mol. The van der Waals surface area contributed by atoms with E-state index >= 15 is 0 Å². The van der Waals surface area contributed by atoms with Crippen molar-refractivity contribution in [2.75, 3.05) is 12.3 Å². The van der Waals surface area contributed by atoms with Crippen LogP contribution in [0.1, 0.15) is 45.4 Å². The van der Waals surface area contributed by atoms with Gasteiger partial charge in [0.15, 0.2) is 0 Å². The summed E-state index contributed by atoms with van der Waals surface area (Å²) in [5.41, 5.74) is 0. The van der Waals surface area contributed by atoms with Gasteiger partial charge in [0.1, 0.15) is 0 Å². The average molecular weight is 213 g/mol. The molecule has 1 nitrogen and oxygen atoms in total. The lowest BCUT2D eigenvalue weighted by atomic mass is 10.1. The van der Waals surface area contributed by atoms with Crippen molar-refractivity contribution in [2.45, 2.75) is 56.7 Å². The minimum Gasteiger partial charge on any atom is -0.313 e. The van der Waals surface area contributed by atoms with Crippen LogP contribution in [0.25, 0.3) is 0 Å². The lowest BCUT2D eigenvalue weighted by molar-refractivity contribution is 0.476. The zero-order valence-corrected chi connectivity index (χ0v) is 10.1. The number of hydrogen-bond donors (Lipinski definition) is 1. The molecule has 1 saturated carbocycles. The van der Waals surface area contributed by atoms with Crippen molar-refractivity contribution >= 4 is 11.8 Å². The second kappa shape index (κ2) is 5.41. The maximum absolute atomic E-state index is 3.70. The summed E-state index contributed by atoms with van der Waals surface area (Å²) in [6, 6.07) is 0.755. The van der Waals surface area contributed by atoms with Gasteiger partial charge in [-0.1, -0.05) is 19.3 Å². The first-order valence-corrected chi connectivity index (χ1v) is 7.24. The van der Waals surface area contributed by atoms with Gasteiger partial charge in [-0.2, -0.15) is 11.8 Å². The Morgan fingerprint density at radius 1 is 1.29 bits per heavy atom. The van der Waals surface area contributed by atoms with Gasteiger partial charge in [-0.3, -0.25) is 0 Å². The highest BCUT2D eigenvalue weighted by Gasteiger charge is 2.23. The van der Waals surface area contributed by atoms with E-state index in [0.717, 1.165) is 17.2 Å². The molecule has 2 atom stereocenters. The molecule has 82 valence electrons. The highest BCUT2D eigenvalue weighted by Crippen LogP contribution is 2.33. The van der Waals surface area contributed by atoms with Crippen LogP contribution >= 0.6 is 11.8 Å². The van der Waals surface area contributed by atoms with Crippen LogP contribution in [0.5, 0.6) is 0 Å². The molecule has 0 spiro atoms. The lowest BCUT2D eigenvalue weighted by Gasteiger charge is -2.23. The molecule has 2 rings (SSSR count). The molecule has 1 saturated heterocycles. The summed E-state index contributed by atoms with van der Waals surface area (Å²) in [5, 5.41) is 4.61. The van der Waals surface area contributed by atoms with Crippen LogP contribution in [0.15, 0.2) is 0 Å². The fraction of sp³-hybridized carbons (Fsp3) is 1.00. The minimum atomic E-state index is 0.755. The topological polar surface area (TPSA) is 12.0 Å². The molecule has 1 N–H and O–H groups in total. The molecule has 2 aliphatic rings. The van der Waals surface area contributed by atoms with Gasteiger partial charge in [0.05, 0.1) is 0 Å². The van der Waals surface area contributed by atoms with Gasteiger partial charge in [0.25, 0.3) is 0 Å². The second-order valence-electron chi connectivity index (χ2n) is 4.98. The second-order valence-corrected chi connectivity index (χ2v) is 6.39. The van der Waals surface area contributed by atoms with Crippen LogP contribution < -0.4 is 5.32 Å². The fourth-order valence-corrected chi connectivity index (χ4v) is 3.49. The van der Waals surface area contributed by atoms with Gasteiger partial charge in [-0.15, -0.1) is 0 Å². The fourth-order valence-electron chi connectivity index (χ4n) is 2.24. The summed E-state index contributed by atoms with van der Waals surface area (Å²) in [4.78, 5) is 0. The van der Waals surface area contributed by atoms with Gasteiger partial charge in [-0.05, 0) is 37.9 Å². The molecular formula is C12H23NS. The van der Waals surface area contributed by atoms with Crippen molar-refractivity contribution in [2.24, 2.45) is 5.92 Å². The van der Waals surface area contributed by atoms with Crippen molar-refractivity contribution in [3.05, 3.63) is 0 Å². The zero-order chi connectivity index (χ0) is 9.80. The van der Waals surface area contributed by atoms with Crippen molar-refractivity contribution in [1.29, 1.82) is 0 Å². The van der Waals surface area contributed by atoms with Gasteiger partial charge in [-0.25, -0.2) is 0 Å². The van der Waals surface area contributed by atoms with Crippen molar-refractivity contribution in [1.82, 2.24) is 5.32 Å². The van der Waals surface area contributed by atoms with E-state index in [0.29, 0.717) is 0 Å². The highest BCUT2D eigenvalue weighted by atomic mass is 32.2. The molecule has 0 bridgehead atoms. The smallest absolute Gasteiger partial charge is 0.0172 e. The van der Waals surface area contributed by atoms with Gasteiger partial charge in [0, 0.05) is 17.8 Å². The molecule has 1 aliphatic heterocycles. The van der Waals surface area contributed by atoms with Gasteiger partial charge >= 0.3 is 0 Å². The van der Waals surface area contributed by atoms with E-state index in [1.165, 1.54) is 50.8 Å². The largest absolute Gasteiger partial charge is 0.313 e. The third kappa shape index (κ3) is 3.82.